The molecule has 17 heavy (non-hydrogen) atoms. The molecule has 0 aliphatic carbocycles. The first kappa shape index (κ1) is 9.89. The molecule has 3 aromatic rings. The van der Waals surface area contributed by atoms with Crippen molar-refractivity contribution >= 4 is 11.5 Å². The van der Waals surface area contributed by atoms with E-state index in [4.69, 9.17) is 0 Å². The normalized spacial score (nSPS) is 10.9. The first-order chi connectivity index (χ1) is 8.33. The molecule has 0 saturated heterocycles. The van der Waals surface area contributed by atoms with Crippen LogP contribution in [0.4, 0.5) is 5.82 Å². The predicted molar refractivity (Wildman–Crippen MR) is 65.7 cm³/mol. The number of aromatic nitrogens is 4. The van der Waals surface area contributed by atoms with Gasteiger partial charge in [-0.25, -0.2) is 4.98 Å². The molecule has 0 bridgehead atoms. The van der Waals surface area contributed by atoms with Crippen LogP contribution in [0.25, 0.3) is 5.65 Å². The summed E-state index contributed by atoms with van der Waals surface area (Å²) in [5.74, 6) is 1.02. The Morgan fingerprint density at radius 2 is 2.18 bits per heavy atom. The molecule has 5 nitrogen and oxygen atoms in total. The van der Waals surface area contributed by atoms with E-state index in [1.165, 1.54) is 0 Å². The highest BCUT2D eigenvalue weighted by Crippen LogP contribution is 2.11. The minimum absolute atomic E-state index is 0.706. The van der Waals surface area contributed by atoms with Crippen molar-refractivity contribution in [2.75, 3.05) is 5.32 Å². The summed E-state index contributed by atoms with van der Waals surface area (Å²) >= 11 is 0. The van der Waals surface area contributed by atoms with Crippen molar-refractivity contribution < 1.29 is 0 Å². The summed E-state index contributed by atoms with van der Waals surface area (Å²) in [4.78, 5) is 4.24. The Kier molecular flexibility index (Phi) is 2.29. The smallest absolute Gasteiger partial charge is 0.138 e. The van der Waals surface area contributed by atoms with Gasteiger partial charge in [0.25, 0.3) is 0 Å². The molecule has 5 heteroatoms. The van der Waals surface area contributed by atoms with Crippen molar-refractivity contribution in [3.8, 4) is 0 Å². The molecule has 3 heterocycles. The largest absolute Gasteiger partial charge is 0.365 e. The first-order valence-electron chi connectivity index (χ1n) is 5.47. The highest BCUT2D eigenvalue weighted by molar-refractivity contribution is 5.49. The van der Waals surface area contributed by atoms with Crippen LogP contribution in [0.2, 0.25) is 0 Å². The zero-order valence-corrected chi connectivity index (χ0v) is 9.54. The molecule has 3 rings (SSSR count). The van der Waals surface area contributed by atoms with E-state index >= 15 is 0 Å². The van der Waals surface area contributed by atoms with E-state index in [2.05, 4.69) is 15.4 Å². The highest BCUT2D eigenvalue weighted by atomic mass is 15.3. The van der Waals surface area contributed by atoms with Gasteiger partial charge in [-0.1, -0.05) is 6.07 Å². The van der Waals surface area contributed by atoms with Gasteiger partial charge in [-0.15, -0.1) is 0 Å². The number of nitrogens with one attached hydrogen (secondary N) is 1. The summed E-state index contributed by atoms with van der Waals surface area (Å²) < 4.78 is 3.82. The third kappa shape index (κ3) is 1.87. The van der Waals surface area contributed by atoms with Gasteiger partial charge < -0.3 is 5.32 Å². The summed E-state index contributed by atoms with van der Waals surface area (Å²) in [6.45, 7) is 0.706. The van der Waals surface area contributed by atoms with Crippen molar-refractivity contribution in [1.82, 2.24) is 19.2 Å². The van der Waals surface area contributed by atoms with Crippen LogP contribution in [-0.2, 0) is 13.6 Å². The van der Waals surface area contributed by atoms with E-state index in [-0.39, 0.29) is 0 Å². The molecule has 0 atom stereocenters. The summed E-state index contributed by atoms with van der Waals surface area (Å²) in [5, 5.41) is 7.67. The lowest BCUT2D eigenvalue weighted by molar-refractivity contribution is 0.746. The zero-order chi connectivity index (χ0) is 11.7. The fourth-order valence-electron chi connectivity index (χ4n) is 1.83. The van der Waals surface area contributed by atoms with Gasteiger partial charge in [-0.05, 0) is 18.2 Å². The number of anilines is 1. The molecular weight excluding hydrogens is 214 g/mol. The zero-order valence-electron chi connectivity index (χ0n) is 9.54. The summed E-state index contributed by atoms with van der Waals surface area (Å²) in [7, 11) is 1.92. The molecule has 0 radical (unpaired) electrons. The first-order valence-corrected chi connectivity index (χ1v) is 5.47. The van der Waals surface area contributed by atoms with Gasteiger partial charge in [0.1, 0.15) is 11.5 Å². The van der Waals surface area contributed by atoms with Crippen molar-refractivity contribution in [3.05, 3.63) is 48.5 Å². The van der Waals surface area contributed by atoms with Crippen LogP contribution >= 0.6 is 0 Å². The lowest BCUT2D eigenvalue weighted by Gasteiger charge is -2.07. The summed E-state index contributed by atoms with van der Waals surface area (Å²) in [6, 6.07) is 7.99. The molecule has 0 aliphatic heterocycles. The molecular formula is C12H13N5. The number of fused-ring (bicyclic) bond motifs is 1. The van der Waals surface area contributed by atoms with E-state index in [1.54, 1.807) is 10.9 Å². The highest BCUT2D eigenvalue weighted by Gasteiger charge is 2.01. The average molecular weight is 227 g/mol. The fraction of sp³-hybridized carbons (Fsp3) is 0.167. The van der Waals surface area contributed by atoms with Gasteiger partial charge in [0, 0.05) is 25.6 Å². The Morgan fingerprint density at radius 1 is 1.24 bits per heavy atom. The van der Waals surface area contributed by atoms with Gasteiger partial charge in [0.15, 0.2) is 0 Å². The van der Waals surface area contributed by atoms with Crippen molar-refractivity contribution in [3.63, 3.8) is 0 Å². The Labute approximate surface area is 98.7 Å². The number of pyridine rings is 1. The molecule has 3 aromatic heterocycles. The maximum atomic E-state index is 4.32. The van der Waals surface area contributed by atoms with Crippen LogP contribution in [0.5, 0.6) is 0 Å². The minimum atomic E-state index is 0.706. The summed E-state index contributed by atoms with van der Waals surface area (Å²) in [6.07, 6.45) is 5.67. The van der Waals surface area contributed by atoms with Crippen LogP contribution in [0.15, 0.2) is 42.9 Å². The van der Waals surface area contributed by atoms with Gasteiger partial charge in [-0.2, -0.15) is 5.10 Å². The lowest BCUT2D eigenvalue weighted by Crippen LogP contribution is -2.04. The van der Waals surface area contributed by atoms with Crippen LogP contribution in [-0.4, -0.2) is 19.2 Å². The number of hydrogen-bond acceptors (Lipinski definition) is 3. The topological polar surface area (TPSA) is 47.2 Å². The number of nitrogens with zero attached hydrogens (tertiary/aromatic N) is 4. The molecule has 0 amide bonds. The van der Waals surface area contributed by atoms with Crippen LogP contribution in [0.1, 0.15) is 5.69 Å². The van der Waals surface area contributed by atoms with E-state index in [0.717, 1.165) is 17.2 Å². The Bertz CT molecular complexity index is 637. The maximum absolute atomic E-state index is 4.32. The SMILES string of the molecule is Cn1ccc(CNc2cccc3nccn23)n1. The maximum Gasteiger partial charge on any atom is 0.138 e. The predicted octanol–water partition coefficient (Wildman–Crippen LogP) is 1.68. The second-order valence-corrected chi connectivity index (χ2v) is 3.90. The molecule has 0 spiro atoms. The lowest BCUT2D eigenvalue weighted by atomic mass is 10.4. The number of imidazole rings is 1. The van der Waals surface area contributed by atoms with Gasteiger partial charge >= 0.3 is 0 Å². The number of aryl methyl sites for hydroxylation is 1. The van der Waals surface area contributed by atoms with Crippen molar-refractivity contribution in [2.45, 2.75) is 6.54 Å². The summed E-state index contributed by atoms with van der Waals surface area (Å²) in [5.41, 5.74) is 1.96. The minimum Gasteiger partial charge on any atom is -0.365 e. The van der Waals surface area contributed by atoms with Gasteiger partial charge in [0.05, 0.1) is 12.2 Å². The Balaban J connectivity index is 1.83. The van der Waals surface area contributed by atoms with E-state index in [9.17, 15) is 0 Å². The second kappa shape index (κ2) is 3.93. The van der Waals surface area contributed by atoms with Gasteiger partial charge in [0.2, 0.25) is 0 Å². The van der Waals surface area contributed by atoms with E-state index in [1.807, 2.05) is 48.1 Å². The second-order valence-electron chi connectivity index (χ2n) is 3.90. The van der Waals surface area contributed by atoms with Crippen molar-refractivity contribution in [1.29, 1.82) is 0 Å². The Hall–Kier alpha value is -2.30. The number of rotatable bonds is 3. The monoisotopic (exact) mass is 227 g/mol. The third-order valence-corrected chi connectivity index (χ3v) is 2.65. The number of hydrogen-bond donors (Lipinski definition) is 1. The van der Waals surface area contributed by atoms with Crippen LogP contribution < -0.4 is 5.32 Å². The molecule has 0 saturated carbocycles. The molecule has 1 N–H and O–H groups in total. The van der Waals surface area contributed by atoms with Gasteiger partial charge in [-0.3, -0.25) is 9.08 Å². The molecule has 86 valence electrons. The van der Waals surface area contributed by atoms with Crippen molar-refractivity contribution in [2.24, 2.45) is 7.05 Å². The molecule has 0 fully saturated rings. The standard InChI is InChI=1S/C12H13N5/c1-16-7-5-10(15-16)9-14-12-4-2-3-11-13-6-8-17(11)12/h2-8,14H,9H2,1H3. The molecule has 0 aromatic carbocycles. The van der Waals surface area contributed by atoms with Crippen LogP contribution in [0, 0.1) is 0 Å². The van der Waals surface area contributed by atoms with E-state index in [0.29, 0.717) is 6.54 Å². The Morgan fingerprint density at radius 3 is 3.00 bits per heavy atom. The van der Waals surface area contributed by atoms with E-state index < -0.39 is 0 Å². The fourth-order valence-corrected chi connectivity index (χ4v) is 1.83. The average Bonchev–Trinajstić information content (AvgIpc) is 2.94. The third-order valence-electron chi connectivity index (χ3n) is 2.65. The molecule has 0 unspecified atom stereocenters. The quantitative estimate of drug-likeness (QED) is 0.740. The molecule has 0 aliphatic rings. The van der Waals surface area contributed by atoms with Crippen LogP contribution in [0.3, 0.4) is 0 Å².